The third-order valence-corrected chi connectivity index (χ3v) is 3.89. The van der Waals surface area contributed by atoms with Crippen LogP contribution in [0.25, 0.3) is 0 Å². The highest BCUT2D eigenvalue weighted by Gasteiger charge is 2.26. The molecule has 1 aromatic carbocycles. The van der Waals surface area contributed by atoms with Crippen molar-refractivity contribution in [2.75, 3.05) is 26.2 Å². The highest BCUT2D eigenvalue weighted by Crippen LogP contribution is 2.22. The molecule has 2 heterocycles. The number of aromatic nitrogens is 1. The van der Waals surface area contributed by atoms with Crippen molar-refractivity contribution >= 4 is 11.8 Å². The van der Waals surface area contributed by atoms with Crippen molar-refractivity contribution in [1.29, 1.82) is 0 Å². The second-order valence-electron chi connectivity index (χ2n) is 5.54. The maximum absolute atomic E-state index is 12.4. The Labute approximate surface area is 138 Å². The molecule has 1 aliphatic rings. The van der Waals surface area contributed by atoms with Gasteiger partial charge in [0.15, 0.2) is 0 Å². The molecular formula is C17H17N3O4. The molecule has 7 nitrogen and oxygen atoms in total. The lowest BCUT2D eigenvalue weighted by Crippen LogP contribution is -2.50. The van der Waals surface area contributed by atoms with Gasteiger partial charge in [-0.15, -0.1) is 0 Å². The van der Waals surface area contributed by atoms with Crippen LogP contribution in [-0.4, -0.2) is 63.0 Å². The van der Waals surface area contributed by atoms with Crippen LogP contribution in [0.5, 0.6) is 11.5 Å². The zero-order valence-electron chi connectivity index (χ0n) is 12.9. The summed E-state index contributed by atoms with van der Waals surface area (Å²) in [6.07, 6.45) is 1.57. The fourth-order valence-corrected chi connectivity index (χ4v) is 2.67. The van der Waals surface area contributed by atoms with Crippen LogP contribution in [0.4, 0.5) is 0 Å². The zero-order chi connectivity index (χ0) is 17.1. The second kappa shape index (κ2) is 6.57. The number of amides is 2. The topological polar surface area (TPSA) is 94.0 Å². The van der Waals surface area contributed by atoms with E-state index < -0.39 is 0 Å². The largest absolute Gasteiger partial charge is 0.508 e. The van der Waals surface area contributed by atoms with Gasteiger partial charge < -0.3 is 20.0 Å². The molecule has 7 heteroatoms. The number of hydrogen-bond acceptors (Lipinski definition) is 5. The standard InChI is InChI=1S/C17H17N3O4/c21-13-9-12(10-14(22)11-13)16(23)19-5-7-20(8-6-19)17(24)15-3-1-2-4-18-15/h1-4,9-11,21-22H,5-8H2. The molecule has 3 rings (SSSR count). The molecule has 1 aliphatic heterocycles. The summed E-state index contributed by atoms with van der Waals surface area (Å²) in [5.74, 6) is -0.770. The summed E-state index contributed by atoms with van der Waals surface area (Å²) in [6.45, 7) is 1.58. The molecule has 2 aromatic rings. The van der Waals surface area contributed by atoms with Crippen LogP contribution in [0.1, 0.15) is 20.8 Å². The molecule has 24 heavy (non-hydrogen) atoms. The molecule has 1 aromatic heterocycles. The van der Waals surface area contributed by atoms with Crippen molar-refractivity contribution in [2.45, 2.75) is 0 Å². The molecule has 0 bridgehead atoms. The summed E-state index contributed by atoms with van der Waals surface area (Å²) >= 11 is 0. The number of rotatable bonds is 2. The van der Waals surface area contributed by atoms with E-state index in [1.165, 1.54) is 18.2 Å². The molecule has 0 saturated carbocycles. The highest BCUT2D eigenvalue weighted by molar-refractivity contribution is 5.96. The molecule has 0 spiro atoms. The Balaban J connectivity index is 1.64. The molecule has 1 saturated heterocycles. The first-order chi connectivity index (χ1) is 11.5. The Kier molecular flexibility index (Phi) is 4.33. The number of phenolic OH excluding ortho intramolecular Hbond substituents is 2. The lowest BCUT2D eigenvalue weighted by molar-refractivity contribution is 0.0532. The third-order valence-electron chi connectivity index (χ3n) is 3.89. The quantitative estimate of drug-likeness (QED) is 0.861. The Morgan fingerprint density at radius 3 is 2.00 bits per heavy atom. The Morgan fingerprint density at radius 2 is 1.46 bits per heavy atom. The summed E-state index contributed by atoms with van der Waals surface area (Å²) in [4.78, 5) is 32.1. The molecule has 1 fully saturated rings. The zero-order valence-corrected chi connectivity index (χ0v) is 12.9. The lowest BCUT2D eigenvalue weighted by Gasteiger charge is -2.34. The van der Waals surface area contributed by atoms with E-state index in [1.54, 1.807) is 34.2 Å². The van der Waals surface area contributed by atoms with E-state index in [4.69, 9.17) is 0 Å². The average Bonchev–Trinajstić information content (AvgIpc) is 2.60. The van der Waals surface area contributed by atoms with Crippen molar-refractivity contribution in [3.8, 4) is 11.5 Å². The first kappa shape index (κ1) is 15.8. The normalized spacial score (nSPS) is 14.5. The monoisotopic (exact) mass is 327 g/mol. The fourth-order valence-electron chi connectivity index (χ4n) is 2.67. The van der Waals surface area contributed by atoms with Crippen LogP contribution in [0, 0.1) is 0 Å². The summed E-state index contributed by atoms with van der Waals surface area (Å²) in [5.41, 5.74) is 0.604. The number of carbonyl (C=O) groups excluding carboxylic acids is 2. The SMILES string of the molecule is O=C(c1cc(O)cc(O)c1)N1CCN(C(=O)c2ccccn2)CC1. The summed E-state index contributed by atoms with van der Waals surface area (Å²) < 4.78 is 0. The van der Waals surface area contributed by atoms with Crippen LogP contribution in [0.2, 0.25) is 0 Å². The van der Waals surface area contributed by atoms with Crippen LogP contribution < -0.4 is 0 Å². The maximum atomic E-state index is 12.4. The smallest absolute Gasteiger partial charge is 0.272 e. The molecule has 0 atom stereocenters. The van der Waals surface area contributed by atoms with E-state index in [1.807, 2.05) is 0 Å². The van der Waals surface area contributed by atoms with E-state index in [9.17, 15) is 19.8 Å². The van der Waals surface area contributed by atoms with Gasteiger partial charge in [0, 0.05) is 44.0 Å². The Bertz CT molecular complexity index is 735. The van der Waals surface area contributed by atoms with E-state index in [0.29, 0.717) is 31.9 Å². The Morgan fingerprint density at radius 1 is 0.875 bits per heavy atom. The minimum atomic E-state index is -0.286. The van der Waals surface area contributed by atoms with E-state index >= 15 is 0 Å². The molecule has 0 unspecified atom stereocenters. The highest BCUT2D eigenvalue weighted by atomic mass is 16.3. The summed E-state index contributed by atoms with van der Waals surface area (Å²) in [5, 5.41) is 19.0. The van der Waals surface area contributed by atoms with Gasteiger partial charge in [-0.3, -0.25) is 14.6 Å². The number of benzene rings is 1. The summed E-state index contributed by atoms with van der Waals surface area (Å²) in [6, 6.07) is 8.96. The van der Waals surface area contributed by atoms with Crippen LogP contribution in [0.3, 0.4) is 0 Å². The minimum absolute atomic E-state index is 0.155. The molecule has 0 radical (unpaired) electrons. The van der Waals surface area contributed by atoms with Gasteiger partial charge in [0.25, 0.3) is 11.8 Å². The fraction of sp³-hybridized carbons (Fsp3) is 0.235. The number of pyridine rings is 1. The predicted octanol–water partition coefficient (Wildman–Crippen LogP) is 1.09. The Hall–Kier alpha value is -3.09. The molecule has 0 aliphatic carbocycles. The van der Waals surface area contributed by atoms with Crippen molar-refractivity contribution in [3.63, 3.8) is 0 Å². The molecule has 124 valence electrons. The molecule has 2 amide bonds. The van der Waals surface area contributed by atoms with Crippen molar-refractivity contribution in [3.05, 3.63) is 53.9 Å². The number of hydrogen-bond donors (Lipinski definition) is 2. The van der Waals surface area contributed by atoms with Gasteiger partial charge in [0.05, 0.1) is 0 Å². The molecular weight excluding hydrogens is 310 g/mol. The lowest BCUT2D eigenvalue weighted by atomic mass is 10.1. The van der Waals surface area contributed by atoms with Crippen LogP contribution >= 0.6 is 0 Å². The van der Waals surface area contributed by atoms with Crippen LogP contribution in [0.15, 0.2) is 42.6 Å². The van der Waals surface area contributed by atoms with E-state index in [-0.39, 0.29) is 28.9 Å². The maximum Gasteiger partial charge on any atom is 0.272 e. The van der Waals surface area contributed by atoms with Gasteiger partial charge in [0.1, 0.15) is 17.2 Å². The first-order valence-corrected chi connectivity index (χ1v) is 7.57. The van der Waals surface area contributed by atoms with E-state index in [0.717, 1.165) is 0 Å². The number of aromatic hydroxyl groups is 2. The number of carbonyl (C=O) groups is 2. The number of phenols is 2. The van der Waals surface area contributed by atoms with Crippen LogP contribution in [-0.2, 0) is 0 Å². The minimum Gasteiger partial charge on any atom is -0.508 e. The predicted molar refractivity (Wildman–Crippen MR) is 85.8 cm³/mol. The summed E-state index contributed by atoms with van der Waals surface area (Å²) in [7, 11) is 0. The number of nitrogens with zero attached hydrogens (tertiary/aromatic N) is 3. The molecule has 2 N–H and O–H groups in total. The van der Waals surface area contributed by atoms with Gasteiger partial charge in [-0.25, -0.2) is 0 Å². The van der Waals surface area contributed by atoms with Gasteiger partial charge in [0.2, 0.25) is 0 Å². The first-order valence-electron chi connectivity index (χ1n) is 7.57. The third kappa shape index (κ3) is 3.29. The van der Waals surface area contributed by atoms with Crippen molar-refractivity contribution < 1.29 is 19.8 Å². The number of piperazine rings is 1. The van der Waals surface area contributed by atoms with Gasteiger partial charge in [-0.2, -0.15) is 0 Å². The average molecular weight is 327 g/mol. The van der Waals surface area contributed by atoms with Crippen molar-refractivity contribution in [1.82, 2.24) is 14.8 Å². The van der Waals surface area contributed by atoms with Gasteiger partial charge in [-0.05, 0) is 24.3 Å². The van der Waals surface area contributed by atoms with Gasteiger partial charge in [-0.1, -0.05) is 6.07 Å². The van der Waals surface area contributed by atoms with Gasteiger partial charge >= 0.3 is 0 Å². The van der Waals surface area contributed by atoms with E-state index in [2.05, 4.69) is 4.98 Å². The van der Waals surface area contributed by atoms with Crippen molar-refractivity contribution in [2.24, 2.45) is 0 Å². The second-order valence-corrected chi connectivity index (χ2v) is 5.54.